The molecular formula is C25H23Cl3N4O3. The van der Waals surface area contributed by atoms with Crippen molar-refractivity contribution in [2.75, 3.05) is 25.0 Å². The fourth-order valence-corrected chi connectivity index (χ4v) is 4.59. The third-order valence-electron chi connectivity index (χ3n) is 5.85. The summed E-state index contributed by atoms with van der Waals surface area (Å²) in [7, 11) is 0. The summed E-state index contributed by atoms with van der Waals surface area (Å²) in [6.07, 6.45) is 3.72. The highest BCUT2D eigenvalue weighted by molar-refractivity contribution is 6.42. The molecule has 1 aliphatic rings. The van der Waals surface area contributed by atoms with Gasteiger partial charge >= 0.3 is 0 Å². The van der Waals surface area contributed by atoms with Crippen molar-refractivity contribution in [3.63, 3.8) is 0 Å². The van der Waals surface area contributed by atoms with Crippen molar-refractivity contribution in [3.8, 4) is 5.88 Å². The molecule has 1 fully saturated rings. The number of hydrogen-bond donors (Lipinski definition) is 1. The van der Waals surface area contributed by atoms with Gasteiger partial charge in [0.1, 0.15) is 5.82 Å². The molecule has 3 heterocycles. The smallest absolute Gasteiger partial charge is 0.255 e. The van der Waals surface area contributed by atoms with Crippen molar-refractivity contribution in [1.82, 2.24) is 14.9 Å². The van der Waals surface area contributed by atoms with Gasteiger partial charge in [-0.2, -0.15) is 0 Å². The number of anilines is 1. The van der Waals surface area contributed by atoms with Crippen LogP contribution >= 0.6 is 34.8 Å². The first-order valence-electron chi connectivity index (χ1n) is 11.0. The summed E-state index contributed by atoms with van der Waals surface area (Å²) in [5, 5.41) is 4.11. The minimum absolute atomic E-state index is 0.0575. The number of ether oxygens (including phenoxy) is 1. The van der Waals surface area contributed by atoms with Crippen LogP contribution in [0.15, 0.2) is 54.9 Å². The molecule has 1 N–H and O–H groups in total. The summed E-state index contributed by atoms with van der Waals surface area (Å²) in [6, 6.07) is 12.3. The molecule has 2 aromatic heterocycles. The zero-order valence-electron chi connectivity index (χ0n) is 18.9. The van der Waals surface area contributed by atoms with Gasteiger partial charge in [-0.05, 0) is 48.2 Å². The Morgan fingerprint density at radius 2 is 1.86 bits per heavy atom. The Morgan fingerprint density at radius 3 is 2.51 bits per heavy atom. The molecule has 182 valence electrons. The van der Waals surface area contributed by atoms with E-state index in [-0.39, 0.29) is 23.7 Å². The molecule has 1 aromatic carbocycles. The molecule has 2 unspecified atom stereocenters. The number of nitrogens with zero attached hydrogens (tertiary/aromatic N) is 3. The predicted octanol–water partition coefficient (Wildman–Crippen LogP) is 5.72. The Hall–Kier alpha value is -2.87. The fraction of sp³-hybridized carbons (Fsp3) is 0.280. The topological polar surface area (TPSA) is 84.4 Å². The van der Waals surface area contributed by atoms with Crippen LogP contribution in [0.25, 0.3) is 0 Å². The van der Waals surface area contributed by atoms with E-state index in [4.69, 9.17) is 39.5 Å². The van der Waals surface area contributed by atoms with E-state index in [1.165, 1.54) is 19.3 Å². The lowest BCUT2D eigenvalue weighted by Gasteiger charge is -2.19. The molecule has 0 saturated carbocycles. The van der Waals surface area contributed by atoms with Crippen molar-refractivity contribution in [1.29, 1.82) is 0 Å². The van der Waals surface area contributed by atoms with Gasteiger partial charge in [-0.15, -0.1) is 0 Å². The van der Waals surface area contributed by atoms with Crippen LogP contribution in [0.4, 0.5) is 5.82 Å². The number of aromatic nitrogens is 2. The third-order valence-corrected chi connectivity index (χ3v) is 6.82. The molecule has 3 aromatic rings. The fourth-order valence-electron chi connectivity index (χ4n) is 4.17. The number of halogens is 3. The molecule has 2 amide bonds. The Bertz CT molecular complexity index is 1210. The van der Waals surface area contributed by atoms with E-state index < -0.39 is 0 Å². The first kappa shape index (κ1) is 25.2. The van der Waals surface area contributed by atoms with Crippen LogP contribution in [0.2, 0.25) is 15.1 Å². The zero-order valence-corrected chi connectivity index (χ0v) is 21.1. The number of carbonyl (C=O) groups excluding carboxylic acids is 2. The summed E-state index contributed by atoms with van der Waals surface area (Å²) >= 11 is 18.3. The van der Waals surface area contributed by atoms with Crippen LogP contribution in [0.1, 0.15) is 35.2 Å². The highest BCUT2D eigenvalue weighted by atomic mass is 35.5. The highest BCUT2D eigenvalue weighted by Crippen LogP contribution is 2.38. The average Bonchev–Trinajstić information content (AvgIpc) is 3.26. The first-order chi connectivity index (χ1) is 16.8. The molecule has 0 aliphatic carbocycles. The second kappa shape index (κ2) is 11.2. The van der Waals surface area contributed by atoms with Gasteiger partial charge in [-0.3, -0.25) is 9.59 Å². The van der Waals surface area contributed by atoms with E-state index in [0.717, 1.165) is 5.56 Å². The van der Waals surface area contributed by atoms with Crippen LogP contribution < -0.4 is 10.1 Å². The summed E-state index contributed by atoms with van der Waals surface area (Å²) in [5.74, 6) is 0.739. The minimum Gasteiger partial charge on any atom is -0.478 e. The van der Waals surface area contributed by atoms with Crippen molar-refractivity contribution < 1.29 is 14.3 Å². The number of carbonyl (C=O) groups is 2. The van der Waals surface area contributed by atoms with E-state index in [1.54, 1.807) is 30.3 Å². The molecule has 0 spiro atoms. The largest absolute Gasteiger partial charge is 0.478 e. The second-order valence-electron chi connectivity index (χ2n) is 8.32. The van der Waals surface area contributed by atoms with Gasteiger partial charge in [0.2, 0.25) is 11.8 Å². The Kier molecular flexibility index (Phi) is 8.11. The van der Waals surface area contributed by atoms with Crippen LogP contribution in [0.5, 0.6) is 5.88 Å². The van der Waals surface area contributed by atoms with Crippen molar-refractivity contribution in [3.05, 3.63) is 81.1 Å². The summed E-state index contributed by atoms with van der Waals surface area (Å²) in [5.41, 5.74) is 1.47. The van der Waals surface area contributed by atoms with Crippen molar-refractivity contribution >= 4 is 52.4 Å². The summed E-state index contributed by atoms with van der Waals surface area (Å²) in [6.45, 7) is 2.91. The normalized spacial score (nSPS) is 17.3. The van der Waals surface area contributed by atoms with E-state index in [9.17, 15) is 9.59 Å². The molecule has 0 radical (unpaired) electrons. The minimum atomic E-state index is -0.223. The lowest BCUT2D eigenvalue weighted by atomic mass is 9.87. The maximum absolute atomic E-state index is 13.2. The Balaban J connectivity index is 1.48. The monoisotopic (exact) mass is 532 g/mol. The Morgan fingerprint density at radius 1 is 1.03 bits per heavy atom. The van der Waals surface area contributed by atoms with Gasteiger partial charge in [0.25, 0.3) is 5.91 Å². The van der Waals surface area contributed by atoms with Gasteiger partial charge < -0.3 is 15.0 Å². The van der Waals surface area contributed by atoms with Gasteiger partial charge in [-0.25, -0.2) is 9.97 Å². The summed E-state index contributed by atoms with van der Waals surface area (Å²) in [4.78, 5) is 34.6. The van der Waals surface area contributed by atoms with E-state index in [1.807, 2.05) is 17.0 Å². The molecule has 1 aliphatic heterocycles. The lowest BCUT2D eigenvalue weighted by Crippen LogP contribution is -2.29. The van der Waals surface area contributed by atoms with Gasteiger partial charge in [0.05, 0.1) is 27.2 Å². The van der Waals surface area contributed by atoms with Crippen molar-refractivity contribution in [2.24, 2.45) is 5.92 Å². The maximum atomic E-state index is 13.2. The predicted molar refractivity (Wildman–Crippen MR) is 136 cm³/mol. The molecule has 0 bridgehead atoms. The SMILES string of the molecule is CC(=O)Nc1ccc(C(=O)N2CC(CCOc3ccc(Cl)cn3)C(c3ccc(Cl)c(Cl)c3)C2)cn1. The van der Waals surface area contributed by atoms with Gasteiger partial charge in [0, 0.05) is 44.4 Å². The number of pyridine rings is 2. The van der Waals surface area contributed by atoms with Gasteiger partial charge in [0.15, 0.2) is 0 Å². The molecular weight excluding hydrogens is 511 g/mol. The van der Waals surface area contributed by atoms with Crippen LogP contribution in [0.3, 0.4) is 0 Å². The van der Waals surface area contributed by atoms with E-state index >= 15 is 0 Å². The van der Waals surface area contributed by atoms with Crippen LogP contribution in [-0.4, -0.2) is 46.4 Å². The van der Waals surface area contributed by atoms with Crippen LogP contribution in [-0.2, 0) is 4.79 Å². The molecule has 2 atom stereocenters. The second-order valence-corrected chi connectivity index (χ2v) is 9.57. The van der Waals surface area contributed by atoms with Crippen molar-refractivity contribution in [2.45, 2.75) is 19.3 Å². The number of benzene rings is 1. The molecule has 7 nitrogen and oxygen atoms in total. The average molecular weight is 534 g/mol. The Labute approximate surface area is 218 Å². The van der Waals surface area contributed by atoms with Gasteiger partial charge in [-0.1, -0.05) is 40.9 Å². The molecule has 1 saturated heterocycles. The lowest BCUT2D eigenvalue weighted by molar-refractivity contribution is -0.114. The van der Waals surface area contributed by atoms with Crippen LogP contribution in [0, 0.1) is 5.92 Å². The standard InChI is InChI=1S/C25H23Cl3N4O3/c1-15(33)31-23-6-3-17(11-29-23)25(34)32-13-18(8-9-35-24-7-4-19(26)12-30-24)20(14-32)16-2-5-21(27)22(28)10-16/h2-7,10-12,18,20H,8-9,13-14H2,1H3,(H,29,31,33). The molecule has 4 rings (SSSR count). The zero-order chi connectivity index (χ0) is 24.9. The number of amides is 2. The molecule has 10 heteroatoms. The van der Waals surface area contributed by atoms with E-state index in [0.29, 0.717) is 58.4 Å². The quantitative estimate of drug-likeness (QED) is 0.420. The maximum Gasteiger partial charge on any atom is 0.255 e. The number of hydrogen-bond acceptors (Lipinski definition) is 5. The molecule has 35 heavy (non-hydrogen) atoms. The first-order valence-corrected chi connectivity index (χ1v) is 12.2. The third kappa shape index (κ3) is 6.42. The number of nitrogens with one attached hydrogen (secondary N) is 1. The van der Waals surface area contributed by atoms with E-state index in [2.05, 4.69) is 15.3 Å². The number of rotatable bonds is 7. The highest BCUT2D eigenvalue weighted by Gasteiger charge is 2.36. The summed E-state index contributed by atoms with van der Waals surface area (Å²) < 4.78 is 5.81. The number of likely N-dealkylation sites (tertiary alicyclic amines) is 1.